The lowest BCUT2D eigenvalue weighted by Gasteiger charge is -2.15. The SMILES string of the molecule is COc1c(Cl)c(Br)cc(Br)c1Oc1ccc(Br)cc1Br. The van der Waals surface area contributed by atoms with Crippen LogP contribution in [0.15, 0.2) is 42.2 Å². The van der Waals surface area contributed by atoms with Crippen LogP contribution in [0.4, 0.5) is 0 Å². The molecule has 0 saturated carbocycles. The van der Waals surface area contributed by atoms with E-state index in [1.165, 1.54) is 0 Å². The third-order valence-electron chi connectivity index (χ3n) is 2.40. The van der Waals surface area contributed by atoms with Gasteiger partial charge in [0.25, 0.3) is 0 Å². The molecule has 0 aliphatic rings. The minimum Gasteiger partial charge on any atom is -0.491 e. The highest BCUT2D eigenvalue weighted by Gasteiger charge is 2.18. The van der Waals surface area contributed by atoms with Crippen LogP contribution >= 0.6 is 75.3 Å². The number of benzene rings is 2. The zero-order valence-corrected chi connectivity index (χ0v) is 17.1. The van der Waals surface area contributed by atoms with Gasteiger partial charge < -0.3 is 9.47 Å². The molecule has 20 heavy (non-hydrogen) atoms. The van der Waals surface area contributed by atoms with E-state index in [-0.39, 0.29) is 0 Å². The van der Waals surface area contributed by atoms with Crippen LogP contribution in [-0.2, 0) is 0 Å². The molecule has 2 rings (SSSR count). The number of methoxy groups -OCH3 is 1. The van der Waals surface area contributed by atoms with Crippen molar-refractivity contribution in [3.63, 3.8) is 0 Å². The zero-order chi connectivity index (χ0) is 14.9. The van der Waals surface area contributed by atoms with Crippen molar-refractivity contribution in [1.29, 1.82) is 0 Å². The second kappa shape index (κ2) is 7.01. The molecule has 0 amide bonds. The molecule has 0 fully saturated rings. The van der Waals surface area contributed by atoms with Crippen LogP contribution in [0.3, 0.4) is 0 Å². The summed E-state index contributed by atoms with van der Waals surface area (Å²) in [5.74, 6) is 1.64. The molecule has 0 aliphatic heterocycles. The maximum absolute atomic E-state index is 6.21. The predicted molar refractivity (Wildman–Crippen MR) is 95.3 cm³/mol. The van der Waals surface area contributed by atoms with Gasteiger partial charge in [-0.15, -0.1) is 0 Å². The summed E-state index contributed by atoms with van der Waals surface area (Å²) in [6.45, 7) is 0. The Balaban J connectivity index is 2.50. The van der Waals surface area contributed by atoms with Crippen LogP contribution < -0.4 is 9.47 Å². The van der Waals surface area contributed by atoms with Crippen LogP contribution in [0.2, 0.25) is 5.02 Å². The van der Waals surface area contributed by atoms with Gasteiger partial charge >= 0.3 is 0 Å². The van der Waals surface area contributed by atoms with Gasteiger partial charge in [-0.25, -0.2) is 0 Å². The second-order valence-corrected chi connectivity index (χ2v) is 7.55. The topological polar surface area (TPSA) is 18.5 Å². The van der Waals surface area contributed by atoms with Gasteiger partial charge in [0.05, 0.1) is 16.1 Å². The molecule has 0 bridgehead atoms. The Morgan fingerprint density at radius 2 is 1.60 bits per heavy atom. The van der Waals surface area contributed by atoms with Crippen molar-refractivity contribution >= 4 is 75.3 Å². The van der Waals surface area contributed by atoms with Crippen molar-refractivity contribution in [1.82, 2.24) is 0 Å². The molecule has 0 heterocycles. The van der Waals surface area contributed by atoms with Gasteiger partial charge in [0.1, 0.15) is 10.8 Å². The van der Waals surface area contributed by atoms with Crippen LogP contribution in [0.1, 0.15) is 0 Å². The summed E-state index contributed by atoms with van der Waals surface area (Å²) < 4.78 is 14.5. The van der Waals surface area contributed by atoms with Gasteiger partial charge in [0.2, 0.25) is 0 Å². The predicted octanol–water partition coefficient (Wildman–Crippen LogP) is 7.19. The lowest BCUT2D eigenvalue weighted by atomic mass is 10.3. The summed E-state index contributed by atoms with van der Waals surface area (Å²) in [7, 11) is 1.55. The Bertz CT molecular complexity index is 661. The van der Waals surface area contributed by atoms with E-state index in [1.807, 2.05) is 24.3 Å². The van der Waals surface area contributed by atoms with Crippen LogP contribution in [-0.4, -0.2) is 7.11 Å². The van der Waals surface area contributed by atoms with Crippen molar-refractivity contribution in [2.75, 3.05) is 7.11 Å². The van der Waals surface area contributed by atoms with Crippen LogP contribution in [0.25, 0.3) is 0 Å². The van der Waals surface area contributed by atoms with E-state index in [2.05, 4.69) is 63.7 Å². The van der Waals surface area contributed by atoms with Gasteiger partial charge in [-0.2, -0.15) is 0 Å². The fourth-order valence-electron chi connectivity index (χ4n) is 1.50. The Morgan fingerprint density at radius 3 is 2.20 bits per heavy atom. The van der Waals surface area contributed by atoms with E-state index >= 15 is 0 Å². The van der Waals surface area contributed by atoms with E-state index < -0.39 is 0 Å². The monoisotopic (exact) mass is 546 g/mol. The third-order valence-corrected chi connectivity index (χ3v) is 5.33. The summed E-state index contributed by atoms with van der Waals surface area (Å²) in [5, 5.41) is 0.457. The molecule has 7 heteroatoms. The molecular formula is C13H7Br4ClO2. The summed E-state index contributed by atoms with van der Waals surface area (Å²) in [6, 6.07) is 7.44. The first kappa shape index (κ1) is 16.6. The zero-order valence-electron chi connectivity index (χ0n) is 10.0. The molecular weight excluding hydrogens is 543 g/mol. The minimum atomic E-state index is 0.457. The maximum Gasteiger partial charge on any atom is 0.185 e. The van der Waals surface area contributed by atoms with Gasteiger partial charge in [-0.05, 0) is 72.1 Å². The Labute approximate surface area is 155 Å². The number of halogens is 5. The molecule has 106 valence electrons. The largest absolute Gasteiger partial charge is 0.491 e. The molecule has 0 N–H and O–H groups in total. The van der Waals surface area contributed by atoms with Crippen LogP contribution in [0, 0.1) is 0 Å². The van der Waals surface area contributed by atoms with Gasteiger partial charge in [0, 0.05) is 8.95 Å². The molecule has 0 unspecified atom stereocenters. The van der Waals surface area contributed by atoms with Crippen molar-refractivity contribution < 1.29 is 9.47 Å². The third kappa shape index (κ3) is 3.53. The Morgan fingerprint density at radius 1 is 0.900 bits per heavy atom. The molecule has 0 aromatic heterocycles. The van der Waals surface area contributed by atoms with Crippen LogP contribution in [0.5, 0.6) is 17.2 Å². The Hall–Kier alpha value is 0.250. The van der Waals surface area contributed by atoms with Crippen molar-refractivity contribution in [3.05, 3.63) is 47.2 Å². The number of rotatable bonds is 3. The molecule has 0 aliphatic carbocycles. The normalized spacial score (nSPS) is 10.5. The fourth-order valence-corrected chi connectivity index (χ4v) is 4.05. The lowest BCUT2D eigenvalue weighted by Crippen LogP contribution is -1.94. The first-order valence-electron chi connectivity index (χ1n) is 5.28. The minimum absolute atomic E-state index is 0.457. The molecule has 0 spiro atoms. The summed E-state index contributed by atoms with van der Waals surface area (Å²) >= 11 is 19.9. The summed E-state index contributed by atoms with van der Waals surface area (Å²) in [6.07, 6.45) is 0. The molecule has 2 aromatic rings. The molecule has 0 radical (unpaired) electrons. The smallest absolute Gasteiger partial charge is 0.185 e. The van der Waals surface area contributed by atoms with Crippen molar-refractivity contribution in [3.8, 4) is 17.2 Å². The molecule has 2 nitrogen and oxygen atoms in total. The van der Waals surface area contributed by atoms with E-state index in [9.17, 15) is 0 Å². The first-order valence-corrected chi connectivity index (χ1v) is 8.83. The second-order valence-electron chi connectivity index (χ2n) is 3.69. The molecule has 2 aromatic carbocycles. The van der Waals surface area contributed by atoms with E-state index in [1.54, 1.807) is 7.11 Å². The van der Waals surface area contributed by atoms with E-state index in [0.29, 0.717) is 22.3 Å². The number of hydrogen-bond donors (Lipinski definition) is 0. The Kier molecular flexibility index (Phi) is 5.82. The number of hydrogen-bond acceptors (Lipinski definition) is 2. The standard InChI is InChI=1S/C13H7Br4ClO2/c1-19-13-11(18)8(16)5-9(17)12(13)20-10-3-2-6(14)4-7(10)15/h2-5H,1H3. The summed E-state index contributed by atoms with van der Waals surface area (Å²) in [5.41, 5.74) is 0. The highest BCUT2D eigenvalue weighted by Crippen LogP contribution is 2.47. The van der Waals surface area contributed by atoms with Gasteiger partial charge in [-0.1, -0.05) is 27.5 Å². The fraction of sp³-hybridized carbons (Fsp3) is 0.0769. The number of ether oxygens (including phenoxy) is 2. The lowest BCUT2D eigenvalue weighted by molar-refractivity contribution is 0.376. The average molecular weight is 550 g/mol. The van der Waals surface area contributed by atoms with Crippen molar-refractivity contribution in [2.24, 2.45) is 0 Å². The highest BCUT2D eigenvalue weighted by molar-refractivity contribution is 9.11. The maximum atomic E-state index is 6.21. The quantitative estimate of drug-likeness (QED) is 0.377. The van der Waals surface area contributed by atoms with Crippen molar-refractivity contribution in [2.45, 2.75) is 0 Å². The van der Waals surface area contributed by atoms with E-state index in [4.69, 9.17) is 21.1 Å². The van der Waals surface area contributed by atoms with Gasteiger partial charge in [-0.3, -0.25) is 0 Å². The molecule has 0 saturated heterocycles. The molecule has 0 atom stereocenters. The first-order chi connectivity index (χ1) is 9.43. The van der Waals surface area contributed by atoms with E-state index in [0.717, 1.165) is 17.9 Å². The highest BCUT2D eigenvalue weighted by atomic mass is 79.9. The van der Waals surface area contributed by atoms with Gasteiger partial charge in [0.15, 0.2) is 11.5 Å². The summed E-state index contributed by atoms with van der Waals surface area (Å²) in [4.78, 5) is 0. The average Bonchev–Trinajstić information content (AvgIpc) is 2.39.